The summed E-state index contributed by atoms with van der Waals surface area (Å²) < 4.78 is 2.45. The molecule has 0 aliphatic carbocycles. The lowest BCUT2D eigenvalue weighted by Crippen LogP contribution is -2.18. The van der Waals surface area contributed by atoms with Gasteiger partial charge in [-0.1, -0.05) is 11.3 Å². The van der Waals surface area contributed by atoms with E-state index in [1.54, 1.807) is 23.9 Å². The Labute approximate surface area is 104 Å². The van der Waals surface area contributed by atoms with Crippen molar-refractivity contribution in [3.05, 3.63) is 38.2 Å². The smallest absolute Gasteiger partial charge is 0.250 e. The van der Waals surface area contributed by atoms with Gasteiger partial charge >= 0.3 is 0 Å². The number of pyridine rings is 1. The Balaban J connectivity index is 2.26. The van der Waals surface area contributed by atoms with Crippen LogP contribution in [0.3, 0.4) is 0 Å². The molecule has 5 nitrogen and oxygen atoms in total. The van der Waals surface area contributed by atoms with E-state index < -0.39 is 0 Å². The van der Waals surface area contributed by atoms with Gasteiger partial charge < -0.3 is 9.88 Å². The standard InChI is InChI=1S/C9H9BrN4OS/c1-11-9-13-12-7(16-9)5-14-4-6(10)2-3-8(14)15/h2-4H,5H2,1H3,(H,11,13). The first kappa shape index (κ1) is 11.3. The summed E-state index contributed by atoms with van der Waals surface area (Å²) in [6, 6.07) is 3.24. The second-order valence-corrected chi connectivity index (χ2v) is 5.04. The molecule has 7 heteroatoms. The number of aromatic nitrogens is 3. The number of hydrogen-bond acceptors (Lipinski definition) is 5. The van der Waals surface area contributed by atoms with E-state index in [9.17, 15) is 4.79 Å². The molecule has 0 bridgehead atoms. The van der Waals surface area contributed by atoms with E-state index in [1.807, 2.05) is 0 Å². The van der Waals surface area contributed by atoms with Crippen molar-refractivity contribution in [2.75, 3.05) is 12.4 Å². The number of halogens is 1. The lowest BCUT2D eigenvalue weighted by molar-refractivity contribution is 0.741. The van der Waals surface area contributed by atoms with Gasteiger partial charge in [-0.15, -0.1) is 10.2 Å². The van der Waals surface area contributed by atoms with E-state index in [-0.39, 0.29) is 5.56 Å². The average Bonchev–Trinajstić information content (AvgIpc) is 2.71. The minimum atomic E-state index is -0.0515. The molecule has 0 unspecified atom stereocenters. The zero-order valence-corrected chi connectivity index (χ0v) is 10.9. The maximum Gasteiger partial charge on any atom is 0.250 e. The summed E-state index contributed by atoms with van der Waals surface area (Å²) in [6.45, 7) is 0.442. The summed E-state index contributed by atoms with van der Waals surface area (Å²) in [5, 5.41) is 12.3. The van der Waals surface area contributed by atoms with Gasteiger partial charge in [0.2, 0.25) is 5.13 Å². The number of anilines is 1. The van der Waals surface area contributed by atoms with Crippen molar-refractivity contribution in [1.29, 1.82) is 0 Å². The summed E-state index contributed by atoms with van der Waals surface area (Å²) in [6.07, 6.45) is 1.74. The van der Waals surface area contributed by atoms with Crippen LogP contribution in [0, 0.1) is 0 Å². The van der Waals surface area contributed by atoms with E-state index in [0.29, 0.717) is 6.54 Å². The van der Waals surface area contributed by atoms with Crippen LogP contribution in [0.15, 0.2) is 27.6 Å². The second kappa shape index (κ2) is 4.75. The van der Waals surface area contributed by atoms with Crippen molar-refractivity contribution in [3.63, 3.8) is 0 Å². The molecule has 2 rings (SSSR count). The van der Waals surface area contributed by atoms with Gasteiger partial charge in [0.1, 0.15) is 5.01 Å². The van der Waals surface area contributed by atoms with Gasteiger partial charge in [-0.05, 0) is 22.0 Å². The fraction of sp³-hybridized carbons (Fsp3) is 0.222. The van der Waals surface area contributed by atoms with Crippen molar-refractivity contribution < 1.29 is 0 Å². The molecular weight excluding hydrogens is 292 g/mol. The quantitative estimate of drug-likeness (QED) is 0.934. The first-order valence-electron chi connectivity index (χ1n) is 4.55. The van der Waals surface area contributed by atoms with Crippen molar-refractivity contribution in [3.8, 4) is 0 Å². The minimum Gasteiger partial charge on any atom is -0.363 e. The van der Waals surface area contributed by atoms with Crippen molar-refractivity contribution in [1.82, 2.24) is 14.8 Å². The first-order chi connectivity index (χ1) is 7.69. The van der Waals surface area contributed by atoms with Gasteiger partial charge in [-0.25, -0.2) is 0 Å². The normalized spacial score (nSPS) is 10.4. The largest absolute Gasteiger partial charge is 0.363 e. The molecule has 0 radical (unpaired) electrons. The van der Waals surface area contributed by atoms with Crippen LogP contribution in [0.4, 0.5) is 5.13 Å². The van der Waals surface area contributed by atoms with Gasteiger partial charge in [0.15, 0.2) is 0 Å². The zero-order valence-electron chi connectivity index (χ0n) is 8.48. The van der Waals surface area contributed by atoms with Crippen LogP contribution in [0.25, 0.3) is 0 Å². The highest BCUT2D eigenvalue weighted by atomic mass is 79.9. The Morgan fingerprint density at radius 2 is 2.31 bits per heavy atom. The van der Waals surface area contributed by atoms with Crippen molar-refractivity contribution in [2.45, 2.75) is 6.54 Å². The fourth-order valence-corrected chi connectivity index (χ4v) is 2.26. The molecule has 0 aliphatic heterocycles. The molecule has 2 heterocycles. The predicted molar refractivity (Wildman–Crippen MR) is 67.0 cm³/mol. The second-order valence-electron chi connectivity index (χ2n) is 3.06. The van der Waals surface area contributed by atoms with Gasteiger partial charge in [0.25, 0.3) is 5.56 Å². The van der Waals surface area contributed by atoms with Crippen LogP contribution in [-0.4, -0.2) is 21.8 Å². The van der Waals surface area contributed by atoms with Crippen LogP contribution in [-0.2, 0) is 6.54 Å². The van der Waals surface area contributed by atoms with Crippen LogP contribution in [0.2, 0.25) is 0 Å². The molecule has 0 aromatic carbocycles. The predicted octanol–water partition coefficient (Wildman–Crippen LogP) is 1.55. The summed E-state index contributed by atoms with van der Waals surface area (Å²) in [4.78, 5) is 11.5. The van der Waals surface area contributed by atoms with Crippen molar-refractivity contribution >= 4 is 32.4 Å². The third kappa shape index (κ3) is 2.48. The Kier molecular flexibility index (Phi) is 3.35. The van der Waals surface area contributed by atoms with Crippen LogP contribution in [0.1, 0.15) is 5.01 Å². The SMILES string of the molecule is CNc1nnc(Cn2cc(Br)ccc2=O)s1. The highest BCUT2D eigenvalue weighted by Gasteiger charge is 2.04. The highest BCUT2D eigenvalue weighted by Crippen LogP contribution is 2.15. The van der Waals surface area contributed by atoms with Gasteiger partial charge in [-0.3, -0.25) is 4.79 Å². The van der Waals surface area contributed by atoms with Crippen molar-refractivity contribution in [2.24, 2.45) is 0 Å². The monoisotopic (exact) mass is 300 g/mol. The van der Waals surface area contributed by atoms with E-state index >= 15 is 0 Å². The minimum absolute atomic E-state index is 0.0515. The van der Waals surface area contributed by atoms with E-state index in [4.69, 9.17) is 0 Å². The average molecular weight is 301 g/mol. The maximum absolute atomic E-state index is 11.5. The fourth-order valence-electron chi connectivity index (χ4n) is 1.19. The zero-order chi connectivity index (χ0) is 11.5. The third-order valence-corrected chi connectivity index (χ3v) is 3.33. The molecule has 2 aromatic heterocycles. The molecule has 0 atom stereocenters. The van der Waals surface area contributed by atoms with E-state index in [1.165, 1.54) is 17.4 Å². The summed E-state index contributed by atoms with van der Waals surface area (Å²) in [5.41, 5.74) is -0.0515. The molecule has 0 aliphatic rings. The Morgan fingerprint density at radius 3 is 3.00 bits per heavy atom. The van der Waals surface area contributed by atoms with Gasteiger partial charge in [0.05, 0.1) is 6.54 Å². The molecule has 84 valence electrons. The molecule has 0 saturated heterocycles. The maximum atomic E-state index is 11.5. The lowest BCUT2D eigenvalue weighted by atomic mass is 10.4. The van der Waals surface area contributed by atoms with E-state index in [2.05, 4.69) is 31.4 Å². The summed E-state index contributed by atoms with van der Waals surface area (Å²) in [5.74, 6) is 0. The Hall–Kier alpha value is -1.21. The molecule has 1 N–H and O–H groups in total. The lowest BCUT2D eigenvalue weighted by Gasteiger charge is -2.01. The summed E-state index contributed by atoms with van der Waals surface area (Å²) in [7, 11) is 1.79. The Bertz CT molecular complexity index is 550. The van der Waals surface area contributed by atoms with Gasteiger partial charge in [-0.2, -0.15) is 0 Å². The third-order valence-electron chi connectivity index (χ3n) is 1.93. The number of nitrogens with zero attached hydrogens (tertiary/aromatic N) is 3. The molecular formula is C9H9BrN4OS. The topological polar surface area (TPSA) is 59.8 Å². The van der Waals surface area contributed by atoms with Crippen LogP contribution < -0.4 is 10.9 Å². The van der Waals surface area contributed by atoms with Crippen LogP contribution in [0.5, 0.6) is 0 Å². The number of rotatable bonds is 3. The molecule has 0 fully saturated rings. The number of nitrogens with one attached hydrogen (secondary N) is 1. The van der Waals surface area contributed by atoms with Crippen LogP contribution >= 0.6 is 27.3 Å². The molecule has 0 saturated carbocycles. The summed E-state index contributed by atoms with van der Waals surface area (Å²) >= 11 is 4.76. The molecule has 2 aromatic rings. The van der Waals surface area contributed by atoms with Gasteiger partial charge in [0, 0.05) is 23.8 Å². The molecule has 0 amide bonds. The Morgan fingerprint density at radius 1 is 1.50 bits per heavy atom. The molecule has 0 spiro atoms. The highest BCUT2D eigenvalue weighted by molar-refractivity contribution is 9.10. The number of hydrogen-bond donors (Lipinski definition) is 1. The first-order valence-corrected chi connectivity index (χ1v) is 6.16. The molecule has 16 heavy (non-hydrogen) atoms. The van der Waals surface area contributed by atoms with E-state index in [0.717, 1.165) is 14.6 Å².